The number of amidine groups is 1. The average Bonchev–Trinajstić information content (AvgIpc) is 2.83. The lowest BCUT2D eigenvalue weighted by Gasteiger charge is -2.34. The lowest BCUT2D eigenvalue weighted by atomic mass is 9.79. The number of ether oxygens (including phenoxy) is 2. The van der Waals surface area contributed by atoms with Crippen molar-refractivity contribution < 1.29 is 18.3 Å². The van der Waals surface area contributed by atoms with Gasteiger partial charge in [0, 0.05) is 24.6 Å². The molecule has 176 valence electrons. The summed E-state index contributed by atoms with van der Waals surface area (Å²) in [6, 6.07) is 3.15. The highest BCUT2D eigenvalue weighted by molar-refractivity contribution is 5.86. The predicted molar refractivity (Wildman–Crippen MR) is 123 cm³/mol. The molecule has 1 aliphatic carbocycles. The Kier molecular flexibility index (Phi) is 7.82. The average molecular weight is 447 g/mol. The highest BCUT2D eigenvalue weighted by atomic mass is 19.2. The first-order valence-corrected chi connectivity index (χ1v) is 12.3. The number of hydrogen-bond acceptors (Lipinski definition) is 4. The molecule has 1 aromatic carbocycles. The molecule has 2 heterocycles. The molecule has 2 atom stereocenters. The topological polar surface area (TPSA) is 42.9 Å². The zero-order chi connectivity index (χ0) is 22.5. The molecule has 1 N–H and O–H groups in total. The highest BCUT2D eigenvalue weighted by Crippen LogP contribution is 2.36. The van der Waals surface area contributed by atoms with E-state index >= 15 is 0 Å². The third-order valence-corrected chi connectivity index (χ3v) is 7.28. The van der Waals surface area contributed by atoms with Crippen molar-refractivity contribution >= 4 is 5.84 Å². The summed E-state index contributed by atoms with van der Waals surface area (Å²) in [5.74, 6) is 0.671. The van der Waals surface area contributed by atoms with Crippen molar-refractivity contribution in [2.45, 2.75) is 77.2 Å². The summed E-state index contributed by atoms with van der Waals surface area (Å²) in [6.07, 6.45) is 11.2. The molecular formula is C26H36F2N2O2. The predicted octanol–water partition coefficient (Wildman–Crippen LogP) is 6.12. The fourth-order valence-electron chi connectivity index (χ4n) is 5.43. The van der Waals surface area contributed by atoms with E-state index in [2.05, 4.69) is 12.2 Å². The molecular weight excluding hydrogens is 410 g/mol. The molecule has 2 unspecified atom stereocenters. The van der Waals surface area contributed by atoms with Crippen molar-refractivity contribution in [2.75, 3.05) is 19.8 Å². The molecule has 2 fully saturated rings. The van der Waals surface area contributed by atoms with Gasteiger partial charge in [-0.05, 0) is 68.6 Å². The summed E-state index contributed by atoms with van der Waals surface area (Å²) in [4.78, 5) is 4.75. The Balaban J connectivity index is 1.32. The van der Waals surface area contributed by atoms with E-state index < -0.39 is 11.6 Å². The third-order valence-electron chi connectivity index (χ3n) is 7.28. The molecule has 32 heavy (non-hydrogen) atoms. The summed E-state index contributed by atoms with van der Waals surface area (Å²) in [5, 5.41) is 3.54. The van der Waals surface area contributed by atoms with Crippen molar-refractivity contribution in [3.05, 3.63) is 41.1 Å². The van der Waals surface area contributed by atoms with Crippen molar-refractivity contribution in [1.82, 2.24) is 5.32 Å². The van der Waals surface area contributed by atoms with Crippen LogP contribution in [0.3, 0.4) is 0 Å². The molecule has 1 saturated carbocycles. The standard InChI is InChI=1S/C26H36F2N2O2/c1-3-5-17-6-8-18(9-7-17)26-29-14-20(15-30-26)22-12-10-19(16-32-22)21-11-13-23(31-4-2)25(28)24(21)27/h11,13-14,17-19,22H,3-10,12,15-16H2,1-2H3,(H,29,30). The van der Waals surface area contributed by atoms with Gasteiger partial charge >= 0.3 is 0 Å². The van der Waals surface area contributed by atoms with Crippen LogP contribution < -0.4 is 10.1 Å². The quantitative estimate of drug-likeness (QED) is 0.549. The first-order valence-electron chi connectivity index (χ1n) is 12.3. The highest BCUT2D eigenvalue weighted by Gasteiger charge is 2.31. The number of hydrogen-bond donors (Lipinski definition) is 1. The van der Waals surface area contributed by atoms with Crippen LogP contribution in [0.25, 0.3) is 0 Å². The maximum atomic E-state index is 14.6. The van der Waals surface area contributed by atoms with Crippen LogP contribution in [0.1, 0.15) is 76.7 Å². The van der Waals surface area contributed by atoms with E-state index in [-0.39, 0.29) is 17.8 Å². The maximum Gasteiger partial charge on any atom is 0.200 e. The van der Waals surface area contributed by atoms with E-state index in [1.807, 2.05) is 6.20 Å². The second-order valence-corrected chi connectivity index (χ2v) is 9.39. The van der Waals surface area contributed by atoms with Gasteiger partial charge in [0.15, 0.2) is 11.6 Å². The molecule has 3 aliphatic rings. The summed E-state index contributed by atoms with van der Waals surface area (Å²) >= 11 is 0. The second-order valence-electron chi connectivity index (χ2n) is 9.39. The number of benzene rings is 1. The van der Waals surface area contributed by atoms with Gasteiger partial charge in [-0.2, -0.15) is 4.39 Å². The van der Waals surface area contributed by atoms with E-state index in [9.17, 15) is 8.78 Å². The maximum absolute atomic E-state index is 14.6. The largest absolute Gasteiger partial charge is 0.491 e. The van der Waals surface area contributed by atoms with Crippen LogP contribution in [0.4, 0.5) is 8.78 Å². The molecule has 0 spiro atoms. The Morgan fingerprint density at radius 1 is 1.03 bits per heavy atom. The molecule has 0 radical (unpaired) electrons. The van der Waals surface area contributed by atoms with Gasteiger partial charge in [-0.3, -0.25) is 0 Å². The van der Waals surface area contributed by atoms with Gasteiger partial charge in [0.05, 0.1) is 19.3 Å². The molecule has 0 amide bonds. The Labute approximate surface area is 190 Å². The van der Waals surface area contributed by atoms with Gasteiger partial charge in [0.1, 0.15) is 5.84 Å². The van der Waals surface area contributed by atoms with E-state index in [1.165, 1.54) is 44.6 Å². The van der Waals surface area contributed by atoms with E-state index in [0.717, 1.165) is 36.7 Å². The minimum atomic E-state index is -0.906. The van der Waals surface area contributed by atoms with Crippen molar-refractivity contribution in [1.29, 1.82) is 0 Å². The van der Waals surface area contributed by atoms with Crippen molar-refractivity contribution in [3.63, 3.8) is 0 Å². The van der Waals surface area contributed by atoms with Crippen molar-refractivity contribution in [2.24, 2.45) is 16.8 Å². The summed E-state index contributed by atoms with van der Waals surface area (Å²) in [5.41, 5.74) is 1.52. The number of nitrogens with zero attached hydrogens (tertiary/aromatic N) is 1. The first-order chi connectivity index (χ1) is 15.6. The van der Waals surface area contributed by atoms with Gasteiger partial charge < -0.3 is 14.8 Å². The Bertz CT molecular complexity index is 838. The van der Waals surface area contributed by atoms with Crippen molar-refractivity contribution in [3.8, 4) is 5.75 Å². The van der Waals surface area contributed by atoms with Crippen LogP contribution in [0.2, 0.25) is 0 Å². The number of aliphatic imine (C=N–C) groups is 1. The number of rotatable bonds is 7. The van der Waals surface area contributed by atoms with Gasteiger partial charge in [0.2, 0.25) is 5.82 Å². The van der Waals surface area contributed by atoms with Crippen LogP contribution in [-0.2, 0) is 4.74 Å². The normalized spacial score (nSPS) is 28.5. The Morgan fingerprint density at radius 2 is 1.81 bits per heavy atom. The fourth-order valence-corrected chi connectivity index (χ4v) is 5.43. The summed E-state index contributed by atoms with van der Waals surface area (Å²) in [6.45, 7) is 5.46. The number of nitrogens with one attached hydrogen (secondary N) is 1. The van der Waals surface area contributed by atoms with Gasteiger partial charge in [-0.15, -0.1) is 0 Å². The number of halogens is 2. The lowest BCUT2D eigenvalue weighted by Crippen LogP contribution is -2.39. The zero-order valence-electron chi connectivity index (χ0n) is 19.3. The SMILES string of the molecule is CCCC1CCC(C2=NC=C(C3CCC(c4ccc(OCC)c(F)c4F)CO3)CN2)CC1. The van der Waals surface area contributed by atoms with E-state index in [1.54, 1.807) is 13.0 Å². The molecule has 1 aromatic rings. The summed E-state index contributed by atoms with van der Waals surface area (Å²) < 4.78 is 40.0. The lowest BCUT2D eigenvalue weighted by molar-refractivity contribution is 0.0237. The molecule has 0 bridgehead atoms. The monoisotopic (exact) mass is 446 g/mol. The third kappa shape index (κ3) is 5.16. The van der Waals surface area contributed by atoms with Gasteiger partial charge in [0.25, 0.3) is 0 Å². The molecule has 2 aliphatic heterocycles. The minimum Gasteiger partial charge on any atom is -0.491 e. The van der Waals surface area contributed by atoms with E-state index in [0.29, 0.717) is 24.7 Å². The Hall–Kier alpha value is -1.95. The van der Waals surface area contributed by atoms with E-state index in [4.69, 9.17) is 14.5 Å². The summed E-state index contributed by atoms with van der Waals surface area (Å²) in [7, 11) is 0. The van der Waals surface area contributed by atoms with Crippen LogP contribution in [0, 0.1) is 23.5 Å². The molecule has 4 rings (SSSR count). The molecule has 6 heteroatoms. The fraction of sp³-hybridized carbons (Fsp3) is 0.654. The van der Waals surface area contributed by atoms with Gasteiger partial charge in [-0.1, -0.05) is 25.8 Å². The minimum absolute atomic E-state index is 0.0139. The Morgan fingerprint density at radius 3 is 2.44 bits per heavy atom. The van der Waals surface area contributed by atoms with Crippen LogP contribution in [-0.4, -0.2) is 31.7 Å². The van der Waals surface area contributed by atoms with Gasteiger partial charge in [-0.25, -0.2) is 9.38 Å². The van der Waals surface area contributed by atoms with Crippen LogP contribution >= 0.6 is 0 Å². The second kappa shape index (κ2) is 10.8. The molecule has 1 saturated heterocycles. The molecule has 0 aromatic heterocycles. The first kappa shape index (κ1) is 23.2. The van der Waals surface area contributed by atoms with Crippen LogP contribution in [0.15, 0.2) is 28.9 Å². The zero-order valence-corrected chi connectivity index (χ0v) is 19.3. The smallest absolute Gasteiger partial charge is 0.200 e. The van der Waals surface area contributed by atoms with Crippen LogP contribution in [0.5, 0.6) is 5.75 Å². The molecule has 4 nitrogen and oxygen atoms in total.